The fourth-order valence-corrected chi connectivity index (χ4v) is 8.01. The second-order valence-corrected chi connectivity index (χ2v) is 11.5. The molecule has 1 heterocycles. The molecule has 0 bridgehead atoms. The molecule has 7 atom stereocenters. The summed E-state index contributed by atoms with van der Waals surface area (Å²) in [5.41, 5.74) is 5.91. The lowest BCUT2D eigenvalue weighted by Crippen LogP contribution is -2.55. The molecular formula is C32H35NO2. The number of nitriles is 1. The van der Waals surface area contributed by atoms with E-state index in [1.807, 2.05) is 31.4 Å². The van der Waals surface area contributed by atoms with Crippen molar-refractivity contribution in [2.45, 2.75) is 51.0 Å². The van der Waals surface area contributed by atoms with Gasteiger partial charge in [0, 0.05) is 12.5 Å². The number of rotatable bonds is 3. The molecule has 0 spiro atoms. The van der Waals surface area contributed by atoms with Crippen LogP contribution in [-0.4, -0.2) is 19.3 Å². The van der Waals surface area contributed by atoms with Crippen molar-refractivity contribution in [3.05, 3.63) is 83.6 Å². The van der Waals surface area contributed by atoms with Crippen LogP contribution in [0.1, 0.15) is 56.6 Å². The van der Waals surface area contributed by atoms with E-state index in [-0.39, 0.29) is 11.0 Å². The van der Waals surface area contributed by atoms with Gasteiger partial charge in [-0.3, -0.25) is 0 Å². The summed E-state index contributed by atoms with van der Waals surface area (Å²) in [5, 5.41) is 9.12. The lowest BCUT2D eigenvalue weighted by Gasteiger charge is -2.59. The molecule has 2 saturated carbocycles. The highest BCUT2D eigenvalue weighted by Crippen LogP contribution is 2.66. The van der Waals surface area contributed by atoms with Crippen molar-refractivity contribution in [2.75, 3.05) is 13.7 Å². The summed E-state index contributed by atoms with van der Waals surface area (Å²) in [4.78, 5) is 0. The van der Waals surface area contributed by atoms with Crippen LogP contribution in [0.5, 0.6) is 0 Å². The van der Waals surface area contributed by atoms with Gasteiger partial charge < -0.3 is 9.47 Å². The number of methoxy groups -OCH3 is 1. The quantitative estimate of drug-likeness (QED) is 0.448. The molecular weight excluding hydrogens is 430 g/mol. The zero-order valence-electron chi connectivity index (χ0n) is 21.0. The van der Waals surface area contributed by atoms with Crippen molar-refractivity contribution in [2.24, 2.45) is 29.1 Å². The second-order valence-electron chi connectivity index (χ2n) is 11.5. The van der Waals surface area contributed by atoms with E-state index in [2.05, 4.69) is 62.6 Å². The fourth-order valence-electron chi connectivity index (χ4n) is 8.01. The molecule has 0 amide bonds. The summed E-state index contributed by atoms with van der Waals surface area (Å²) in [6, 6.07) is 19.4. The van der Waals surface area contributed by atoms with E-state index in [0.29, 0.717) is 35.2 Å². The molecule has 0 saturated heterocycles. The van der Waals surface area contributed by atoms with Crippen molar-refractivity contribution in [3.8, 4) is 17.2 Å². The third-order valence-corrected chi connectivity index (χ3v) is 10.2. The highest BCUT2D eigenvalue weighted by molar-refractivity contribution is 5.64. The third-order valence-electron chi connectivity index (χ3n) is 10.2. The second kappa shape index (κ2) is 8.38. The van der Waals surface area contributed by atoms with E-state index in [1.165, 1.54) is 29.5 Å². The number of benzene rings is 2. The Hall–Kier alpha value is -2.83. The Morgan fingerprint density at radius 2 is 1.69 bits per heavy atom. The monoisotopic (exact) mass is 465 g/mol. The maximum absolute atomic E-state index is 9.12. The maximum Gasteiger partial charge on any atom is 0.0991 e. The number of fused-ring (bicyclic) bond motifs is 5. The largest absolute Gasteiger partial charge is 0.501 e. The first-order valence-corrected chi connectivity index (χ1v) is 13.1. The molecule has 2 aromatic carbocycles. The van der Waals surface area contributed by atoms with Crippen molar-refractivity contribution in [1.29, 1.82) is 5.26 Å². The van der Waals surface area contributed by atoms with Crippen molar-refractivity contribution in [3.63, 3.8) is 0 Å². The Labute approximate surface area is 209 Å². The first kappa shape index (κ1) is 22.6. The lowest BCUT2D eigenvalue weighted by molar-refractivity contribution is -0.121. The molecule has 0 N–H and O–H groups in total. The van der Waals surface area contributed by atoms with Gasteiger partial charge in [0.05, 0.1) is 30.1 Å². The van der Waals surface area contributed by atoms with Crippen LogP contribution in [0, 0.1) is 40.4 Å². The van der Waals surface area contributed by atoms with E-state index in [9.17, 15) is 0 Å². The molecule has 3 nitrogen and oxygen atoms in total. The predicted octanol–water partition coefficient (Wildman–Crippen LogP) is 7.26. The average Bonchev–Trinajstić information content (AvgIpc) is 3.19. The Morgan fingerprint density at radius 1 is 0.971 bits per heavy atom. The molecule has 6 rings (SSSR count). The normalized spacial score (nSPS) is 37.3. The van der Waals surface area contributed by atoms with Gasteiger partial charge in [0.1, 0.15) is 0 Å². The van der Waals surface area contributed by atoms with Crippen LogP contribution < -0.4 is 0 Å². The van der Waals surface area contributed by atoms with E-state index < -0.39 is 0 Å². The van der Waals surface area contributed by atoms with Crippen LogP contribution in [-0.2, 0) is 9.47 Å². The molecule has 0 radical (unpaired) electrons. The predicted molar refractivity (Wildman–Crippen MR) is 138 cm³/mol. The summed E-state index contributed by atoms with van der Waals surface area (Å²) in [6.45, 7) is 5.61. The minimum Gasteiger partial charge on any atom is -0.501 e. The van der Waals surface area contributed by atoms with Crippen molar-refractivity contribution < 1.29 is 9.47 Å². The minimum absolute atomic E-state index is 0.0891. The van der Waals surface area contributed by atoms with E-state index >= 15 is 0 Å². The van der Waals surface area contributed by atoms with Gasteiger partial charge in [0.25, 0.3) is 0 Å². The van der Waals surface area contributed by atoms with Crippen LogP contribution in [0.2, 0.25) is 0 Å². The Balaban J connectivity index is 1.39. The van der Waals surface area contributed by atoms with Gasteiger partial charge in [0.15, 0.2) is 0 Å². The smallest absolute Gasteiger partial charge is 0.0991 e. The number of hydrogen-bond acceptors (Lipinski definition) is 3. The van der Waals surface area contributed by atoms with Crippen molar-refractivity contribution in [1.82, 2.24) is 0 Å². The van der Waals surface area contributed by atoms with Crippen LogP contribution >= 0.6 is 0 Å². The molecule has 180 valence electrons. The maximum atomic E-state index is 9.12. The summed E-state index contributed by atoms with van der Waals surface area (Å²) in [7, 11) is 1.88. The minimum atomic E-state index is -0.227. The molecule has 4 unspecified atom stereocenters. The van der Waals surface area contributed by atoms with Gasteiger partial charge in [0.2, 0.25) is 0 Å². The summed E-state index contributed by atoms with van der Waals surface area (Å²) in [5.74, 6) is 3.00. The lowest BCUT2D eigenvalue weighted by atomic mass is 9.47. The summed E-state index contributed by atoms with van der Waals surface area (Å²) >= 11 is 0. The molecule has 2 aromatic rings. The topological polar surface area (TPSA) is 42.2 Å². The highest BCUT2D eigenvalue weighted by Gasteiger charge is 2.62. The van der Waals surface area contributed by atoms with Gasteiger partial charge in [-0.2, -0.15) is 5.26 Å². The van der Waals surface area contributed by atoms with Gasteiger partial charge in [-0.05, 0) is 96.6 Å². The molecule has 0 aromatic heterocycles. The molecule has 4 aliphatic rings. The zero-order valence-corrected chi connectivity index (χ0v) is 21.0. The molecule has 3 heteroatoms. The van der Waals surface area contributed by atoms with Crippen LogP contribution in [0.25, 0.3) is 11.1 Å². The first-order chi connectivity index (χ1) is 17.0. The van der Waals surface area contributed by atoms with Crippen LogP contribution in [0.15, 0.2) is 72.5 Å². The highest BCUT2D eigenvalue weighted by atomic mass is 16.5. The fraction of sp³-hybridized carbons (Fsp3) is 0.469. The van der Waals surface area contributed by atoms with E-state index in [1.54, 1.807) is 0 Å². The van der Waals surface area contributed by atoms with Gasteiger partial charge in [-0.1, -0.05) is 55.5 Å². The molecule has 35 heavy (non-hydrogen) atoms. The Bertz CT molecular complexity index is 1200. The number of nitrogens with zero attached hydrogens (tertiary/aromatic N) is 1. The van der Waals surface area contributed by atoms with Crippen molar-refractivity contribution >= 4 is 0 Å². The molecule has 1 aliphatic heterocycles. The zero-order chi connectivity index (χ0) is 24.2. The van der Waals surface area contributed by atoms with Gasteiger partial charge in [-0.15, -0.1) is 0 Å². The average molecular weight is 466 g/mol. The SMILES string of the molecule is CO[C@@]1(C)C=CC2C3CCC4=COCCC4C3[C@@H](c3ccc(-c4ccc(C#N)cc4)cc3)C[C@@]21C. The van der Waals surface area contributed by atoms with E-state index in [0.717, 1.165) is 25.0 Å². The van der Waals surface area contributed by atoms with Crippen LogP contribution in [0.3, 0.4) is 0 Å². The third kappa shape index (κ3) is 3.41. The molecule has 2 fully saturated rings. The number of allylic oxidation sites excluding steroid dienone is 2. The number of ether oxygens (including phenoxy) is 2. The standard InChI is InChI=1S/C32H35NO2/c1-31-18-28(24-10-8-23(9-11-24)22-6-4-21(19-33)5-7-22)30-26-15-17-35-20-25(26)12-13-27(30)29(31)14-16-32(31,2)34-3/h4-11,14,16,20,26-30H,12-13,15,17-18H2,1-3H3/t26?,27?,28-,29?,30?,31+,32+/m1/s1. The summed E-state index contributed by atoms with van der Waals surface area (Å²) < 4.78 is 12.0. The van der Waals surface area contributed by atoms with E-state index in [4.69, 9.17) is 14.7 Å². The first-order valence-electron chi connectivity index (χ1n) is 13.1. The summed E-state index contributed by atoms with van der Waals surface area (Å²) in [6.07, 6.45) is 11.6. The van der Waals surface area contributed by atoms with Gasteiger partial charge >= 0.3 is 0 Å². The molecule has 3 aliphatic carbocycles. The number of hydrogen-bond donors (Lipinski definition) is 0. The Morgan fingerprint density at radius 3 is 2.37 bits per heavy atom. The Kier molecular flexibility index (Phi) is 5.42. The van der Waals surface area contributed by atoms with Gasteiger partial charge in [-0.25, -0.2) is 0 Å². The van der Waals surface area contributed by atoms with Crippen LogP contribution in [0.4, 0.5) is 0 Å².